The number of nitrogens with zero attached hydrogens (tertiary/aromatic N) is 1. The van der Waals surface area contributed by atoms with Gasteiger partial charge in [-0.25, -0.2) is 4.39 Å². The van der Waals surface area contributed by atoms with E-state index >= 15 is 0 Å². The molecule has 0 bridgehead atoms. The Kier molecular flexibility index (Phi) is 6.55. The second-order valence-corrected chi connectivity index (χ2v) is 13.1. The van der Waals surface area contributed by atoms with Crippen LogP contribution in [0.15, 0.2) is 16.6 Å². The van der Waals surface area contributed by atoms with E-state index in [2.05, 4.69) is 68.9 Å². The smallest absolute Gasteiger partial charge is 0.258 e. The van der Waals surface area contributed by atoms with E-state index in [0.717, 1.165) is 6.07 Å². The lowest BCUT2D eigenvalue weighted by Crippen LogP contribution is -2.43. The van der Waals surface area contributed by atoms with Crippen LogP contribution in [0.3, 0.4) is 0 Å². The summed E-state index contributed by atoms with van der Waals surface area (Å²) in [6, 6.07) is 2.33. The van der Waals surface area contributed by atoms with Gasteiger partial charge in [-0.2, -0.15) is 0 Å². The quantitative estimate of drug-likeness (QED) is 0.267. The predicted octanol–water partition coefficient (Wildman–Crippen LogP) is 6.07. The average molecular weight is 400 g/mol. The van der Waals surface area contributed by atoms with E-state index in [-0.39, 0.29) is 15.7 Å². The molecule has 126 valence electrons. The summed E-state index contributed by atoms with van der Waals surface area (Å²) in [5.74, 6) is 2.42. The summed E-state index contributed by atoms with van der Waals surface area (Å²) < 4.78 is 13.9. The van der Waals surface area contributed by atoms with Crippen LogP contribution >= 0.6 is 15.9 Å². The van der Waals surface area contributed by atoms with Crippen LogP contribution in [0.4, 0.5) is 10.1 Å². The van der Waals surface area contributed by atoms with E-state index in [4.69, 9.17) is 0 Å². The average Bonchev–Trinajstić information content (AvgIpc) is 2.41. The normalized spacial score (nSPS) is 11.8. The summed E-state index contributed by atoms with van der Waals surface area (Å²) in [7, 11) is -2.02. The number of rotatable bonds is 4. The molecule has 0 aromatic heterocycles. The van der Waals surface area contributed by atoms with E-state index < -0.39 is 18.8 Å². The van der Waals surface area contributed by atoms with Crippen LogP contribution in [0.1, 0.15) is 47.1 Å². The molecule has 1 aromatic carbocycles. The van der Waals surface area contributed by atoms with Crippen LogP contribution in [-0.4, -0.2) is 13.0 Å². The molecular formula is C17H23BrFNO2Si. The predicted molar refractivity (Wildman–Crippen MR) is 98.7 cm³/mol. The topological polar surface area (TPSA) is 43.1 Å². The minimum Gasteiger partial charge on any atom is -0.258 e. The van der Waals surface area contributed by atoms with E-state index in [1.54, 1.807) is 0 Å². The van der Waals surface area contributed by atoms with Crippen molar-refractivity contribution in [3.8, 4) is 11.5 Å². The Morgan fingerprint density at radius 1 is 1.13 bits per heavy atom. The molecule has 6 heteroatoms. The van der Waals surface area contributed by atoms with Gasteiger partial charge in [0.15, 0.2) is 0 Å². The lowest BCUT2D eigenvalue weighted by atomic mass is 10.2. The first-order valence-corrected chi connectivity index (χ1v) is 10.7. The third-order valence-corrected chi connectivity index (χ3v) is 11.4. The molecule has 0 aliphatic heterocycles. The molecule has 23 heavy (non-hydrogen) atoms. The molecule has 0 amide bonds. The van der Waals surface area contributed by atoms with Gasteiger partial charge < -0.3 is 0 Å². The number of halogens is 2. The van der Waals surface area contributed by atoms with Crippen molar-refractivity contribution in [3.05, 3.63) is 38.1 Å². The highest BCUT2D eigenvalue weighted by atomic mass is 79.9. The Labute approximate surface area is 147 Å². The van der Waals surface area contributed by atoms with Gasteiger partial charge in [-0.15, -0.1) is 5.54 Å². The molecule has 0 unspecified atom stereocenters. The lowest BCUT2D eigenvalue weighted by molar-refractivity contribution is -0.385. The summed E-state index contributed by atoms with van der Waals surface area (Å²) in [5, 5.41) is 11.2. The van der Waals surface area contributed by atoms with Crippen LogP contribution < -0.4 is 0 Å². The molecule has 1 aromatic rings. The Morgan fingerprint density at radius 2 is 1.61 bits per heavy atom. The minimum absolute atomic E-state index is 0.0786. The van der Waals surface area contributed by atoms with Gasteiger partial charge >= 0.3 is 0 Å². The molecule has 0 saturated carbocycles. The van der Waals surface area contributed by atoms with E-state index in [0.29, 0.717) is 16.6 Å². The van der Waals surface area contributed by atoms with Crippen molar-refractivity contribution in [1.82, 2.24) is 0 Å². The van der Waals surface area contributed by atoms with Gasteiger partial charge in [0, 0.05) is 6.07 Å². The first-order chi connectivity index (χ1) is 10.5. The maximum atomic E-state index is 13.8. The second-order valence-electron chi connectivity index (χ2n) is 6.69. The summed E-state index contributed by atoms with van der Waals surface area (Å²) in [4.78, 5) is 10.7. The minimum atomic E-state index is -2.02. The lowest BCUT2D eigenvalue weighted by Gasteiger charge is -2.38. The molecule has 0 spiro atoms. The number of benzene rings is 1. The van der Waals surface area contributed by atoms with Gasteiger partial charge in [0.25, 0.3) is 5.69 Å². The van der Waals surface area contributed by atoms with Gasteiger partial charge in [0.2, 0.25) is 0 Å². The molecule has 0 N–H and O–H groups in total. The van der Waals surface area contributed by atoms with Gasteiger partial charge in [0.1, 0.15) is 19.5 Å². The Balaban J connectivity index is 3.55. The van der Waals surface area contributed by atoms with Crippen molar-refractivity contribution in [2.75, 3.05) is 0 Å². The van der Waals surface area contributed by atoms with Gasteiger partial charge in [0.05, 0.1) is 9.40 Å². The van der Waals surface area contributed by atoms with E-state index in [1.165, 1.54) is 6.07 Å². The number of hydrogen-bond donors (Lipinski definition) is 0. The Morgan fingerprint density at radius 3 is 2.00 bits per heavy atom. The molecular weight excluding hydrogens is 377 g/mol. The molecule has 0 heterocycles. The summed E-state index contributed by atoms with van der Waals surface area (Å²) in [6.45, 7) is 13.0. The van der Waals surface area contributed by atoms with Crippen LogP contribution in [0, 0.1) is 27.4 Å². The molecule has 0 aliphatic rings. The van der Waals surface area contributed by atoms with Gasteiger partial charge in [-0.3, -0.25) is 10.1 Å². The van der Waals surface area contributed by atoms with Crippen LogP contribution in [-0.2, 0) is 0 Å². The standard InChI is InChI=1S/C17H23BrFNO2Si/c1-11(2)23(12(3)4,13(5)6)8-7-14-9-16(19)15(18)10-17(14)20(21)22/h9-13H,1-6H3. The first-order valence-electron chi connectivity index (χ1n) is 7.70. The SMILES string of the molecule is CC(C)[Si](C#Cc1cc(F)c(Br)cc1[N+](=O)[O-])(C(C)C)C(C)C. The summed E-state index contributed by atoms with van der Waals surface area (Å²) in [5.41, 5.74) is 4.61. The van der Waals surface area contributed by atoms with Crippen molar-refractivity contribution in [2.24, 2.45) is 0 Å². The highest BCUT2D eigenvalue weighted by Crippen LogP contribution is 2.41. The first kappa shape index (κ1) is 19.9. The van der Waals surface area contributed by atoms with Crippen molar-refractivity contribution < 1.29 is 9.31 Å². The molecule has 0 aliphatic carbocycles. The van der Waals surface area contributed by atoms with Crippen molar-refractivity contribution >= 4 is 29.7 Å². The van der Waals surface area contributed by atoms with Crippen molar-refractivity contribution in [1.29, 1.82) is 0 Å². The molecule has 0 fully saturated rings. The summed E-state index contributed by atoms with van der Waals surface area (Å²) >= 11 is 2.99. The zero-order valence-electron chi connectivity index (χ0n) is 14.4. The molecule has 0 radical (unpaired) electrons. The maximum Gasteiger partial charge on any atom is 0.286 e. The van der Waals surface area contributed by atoms with Crippen molar-refractivity contribution in [3.63, 3.8) is 0 Å². The van der Waals surface area contributed by atoms with E-state index in [9.17, 15) is 14.5 Å². The molecule has 1 rings (SSSR count). The van der Waals surface area contributed by atoms with Gasteiger partial charge in [-0.05, 0) is 38.6 Å². The number of nitro benzene ring substituents is 1. The largest absolute Gasteiger partial charge is 0.286 e. The second kappa shape index (κ2) is 7.58. The van der Waals surface area contributed by atoms with Gasteiger partial charge in [-0.1, -0.05) is 47.5 Å². The van der Waals surface area contributed by atoms with Crippen LogP contribution in [0.2, 0.25) is 16.6 Å². The third-order valence-electron chi connectivity index (χ3n) is 4.52. The Bertz CT molecular complexity index is 641. The molecule has 0 saturated heterocycles. The van der Waals surface area contributed by atoms with E-state index in [1.807, 2.05) is 0 Å². The molecule has 0 atom stereocenters. The number of nitro groups is 1. The monoisotopic (exact) mass is 399 g/mol. The highest BCUT2D eigenvalue weighted by molar-refractivity contribution is 9.10. The zero-order chi connectivity index (χ0) is 17.9. The Hall–Kier alpha value is -1.19. The summed E-state index contributed by atoms with van der Waals surface area (Å²) in [6.07, 6.45) is 0. The fraction of sp³-hybridized carbons (Fsp3) is 0.529. The number of hydrogen-bond acceptors (Lipinski definition) is 2. The van der Waals surface area contributed by atoms with Crippen LogP contribution in [0.5, 0.6) is 0 Å². The van der Waals surface area contributed by atoms with Crippen LogP contribution in [0.25, 0.3) is 0 Å². The van der Waals surface area contributed by atoms with Crippen molar-refractivity contribution in [2.45, 2.75) is 58.2 Å². The highest BCUT2D eigenvalue weighted by Gasteiger charge is 2.41. The maximum absolute atomic E-state index is 13.8. The fourth-order valence-corrected chi connectivity index (χ4v) is 8.94. The third kappa shape index (κ3) is 4.02. The zero-order valence-corrected chi connectivity index (χ0v) is 17.0. The molecule has 3 nitrogen and oxygen atoms in total. The fourth-order valence-electron chi connectivity index (χ4n) is 3.40.